The summed E-state index contributed by atoms with van der Waals surface area (Å²) in [6, 6.07) is 0. The van der Waals surface area contributed by atoms with Gasteiger partial charge in [-0.3, -0.25) is 13.9 Å². The van der Waals surface area contributed by atoms with E-state index in [1.165, 1.54) is 13.8 Å². The van der Waals surface area contributed by atoms with E-state index >= 15 is 0 Å². The van der Waals surface area contributed by atoms with Crippen LogP contribution in [0, 0.1) is 0 Å². The molecule has 24 heavy (non-hydrogen) atoms. The molecule has 0 saturated carbocycles. The van der Waals surface area contributed by atoms with Crippen molar-refractivity contribution in [2.45, 2.75) is 58.9 Å². The van der Waals surface area contributed by atoms with Gasteiger partial charge in [-0.1, -0.05) is 0 Å². The SMILES string of the molecule is [2H]C([2H])([2H])n1c(=O)n(CCCCC(C)(C)F)c(=O)c2c1ncn2C([2H])([2H])OC([2H])([2H])C([2H])([2H])[2H]. The standard InChI is InChI=1S/C16H25FN4O3/c1-5-24-11-20-10-18-13-12(20)14(22)21(15(23)19(13)4)9-7-6-8-16(2,3)17/h10H,5-9,11H2,1-4H3/i1D3,4D3,5D2,11D2. The molecule has 0 spiro atoms. The highest BCUT2D eigenvalue weighted by Crippen LogP contribution is 2.17. The second-order valence-electron chi connectivity index (χ2n) is 5.83. The molecule has 0 aliphatic carbocycles. The van der Waals surface area contributed by atoms with Crippen LogP contribution in [0.2, 0.25) is 0 Å². The molecule has 2 aromatic rings. The average Bonchev–Trinajstić information content (AvgIpc) is 3.02. The van der Waals surface area contributed by atoms with E-state index in [9.17, 15) is 14.0 Å². The summed E-state index contributed by atoms with van der Waals surface area (Å²) in [6.07, 6.45) is 1.09. The van der Waals surface area contributed by atoms with Crippen LogP contribution in [0.1, 0.15) is 53.7 Å². The third kappa shape index (κ3) is 3.92. The molecule has 0 aliphatic rings. The lowest BCUT2D eigenvalue weighted by Gasteiger charge is -2.14. The van der Waals surface area contributed by atoms with Gasteiger partial charge in [0.05, 0.1) is 11.8 Å². The van der Waals surface area contributed by atoms with E-state index in [1.807, 2.05) is 0 Å². The zero-order chi connectivity index (χ0) is 26.5. The van der Waals surface area contributed by atoms with Gasteiger partial charge < -0.3 is 9.30 Å². The first kappa shape index (κ1) is 8.94. The summed E-state index contributed by atoms with van der Waals surface area (Å²) < 4.78 is 95.1. The number of rotatable bonds is 8. The van der Waals surface area contributed by atoms with E-state index in [4.69, 9.17) is 13.7 Å². The molecule has 0 radical (unpaired) electrons. The highest BCUT2D eigenvalue weighted by molar-refractivity contribution is 5.69. The van der Waals surface area contributed by atoms with E-state index in [0.29, 0.717) is 15.5 Å². The van der Waals surface area contributed by atoms with Crippen LogP contribution in [-0.4, -0.2) is 30.9 Å². The van der Waals surface area contributed by atoms with Gasteiger partial charge in [-0.2, -0.15) is 0 Å². The van der Waals surface area contributed by atoms with Crippen molar-refractivity contribution in [3.8, 4) is 0 Å². The maximum absolute atomic E-state index is 13.7. The molecular weight excluding hydrogens is 315 g/mol. The maximum Gasteiger partial charge on any atom is 0.332 e. The molecule has 0 saturated heterocycles. The third-order valence-corrected chi connectivity index (χ3v) is 3.43. The van der Waals surface area contributed by atoms with Gasteiger partial charge >= 0.3 is 5.69 Å². The first-order valence-corrected chi connectivity index (χ1v) is 7.23. The Labute approximate surface area is 153 Å². The second-order valence-corrected chi connectivity index (χ2v) is 5.83. The number of fused-ring (bicyclic) bond motifs is 1. The van der Waals surface area contributed by atoms with Crippen LogP contribution in [0.15, 0.2) is 15.9 Å². The number of hydrogen-bond acceptors (Lipinski definition) is 4. The van der Waals surface area contributed by atoms with Gasteiger partial charge in [0.15, 0.2) is 11.2 Å². The summed E-state index contributed by atoms with van der Waals surface area (Å²) in [6.45, 7) is -11.0. The highest BCUT2D eigenvalue weighted by atomic mass is 19.1. The number of unbranched alkanes of at least 4 members (excludes halogenated alkanes) is 1. The van der Waals surface area contributed by atoms with Crippen LogP contribution in [0.3, 0.4) is 0 Å². The van der Waals surface area contributed by atoms with E-state index < -0.39 is 55.2 Å². The zero-order valence-corrected chi connectivity index (χ0v) is 13.3. The molecule has 2 heterocycles. The molecule has 0 atom stereocenters. The van der Waals surface area contributed by atoms with Crippen LogP contribution < -0.4 is 11.2 Å². The topological polar surface area (TPSA) is 71.0 Å². The fraction of sp³-hybridized carbons (Fsp3) is 0.688. The number of alkyl halides is 1. The van der Waals surface area contributed by atoms with Gasteiger partial charge in [0.25, 0.3) is 5.56 Å². The van der Waals surface area contributed by atoms with Gasteiger partial charge in [0.1, 0.15) is 12.4 Å². The molecule has 0 aromatic carbocycles. The number of halogens is 1. The largest absolute Gasteiger partial charge is 0.361 e. The lowest BCUT2D eigenvalue weighted by molar-refractivity contribution is 0.0903. The molecule has 0 aliphatic heterocycles. The maximum atomic E-state index is 13.7. The van der Waals surface area contributed by atoms with E-state index in [1.54, 1.807) is 0 Å². The highest BCUT2D eigenvalue weighted by Gasteiger charge is 2.17. The molecule has 134 valence electrons. The normalized spacial score (nSPS) is 20.6. The Morgan fingerprint density at radius 2 is 2.21 bits per heavy atom. The van der Waals surface area contributed by atoms with Gasteiger partial charge in [-0.25, -0.2) is 14.2 Å². The number of nitrogens with zero attached hydrogens (tertiary/aromatic N) is 4. The summed E-state index contributed by atoms with van der Waals surface area (Å²) in [5, 5.41) is 0. The van der Waals surface area contributed by atoms with E-state index in [0.717, 1.165) is 0 Å². The number of hydrogen-bond donors (Lipinski definition) is 0. The Morgan fingerprint density at radius 1 is 1.42 bits per heavy atom. The Morgan fingerprint density at radius 3 is 2.88 bits per heavy atom. The van der Waals surface area contributed by atoms with Crippen molar-refractivity contribution in [2.24, 2.45) is 6.98 Å². The van der Waals surface area contributed by atoms with Crippen molar-refractivity contribution in [1.82, 2.24) is 18.7 Å². The number of ether oxygens (including phenoxy) is 1. The second kappa shape index (κ2) is 7.29. The molecule has 0 bridgehead atoms. The van der Waals surface area contributed by atoms with Gasteiger partial charge in [0.2, 0.25) is 0 Å². The van der Waals surface area contributed by atoms with Gasteiger partial charge in [-0.05, 0) is 40.0 Å². The van der Waals surface area contributed by atoms with Crippen molar-refractivity contribution < 1.29 is 22.8 Å². The van der Waals surface area contributed by atoms with Crippen molar-refractivity contribution in [3.05, 3.63) is 27.2 Å². The minimum Gasteiger partial charge on any atom is -0.361 e. The van der Waals surface area contributed by atoms with Gasteiger partial charge in [-0.15, -0.1) is 0 Å². The quantitative estimate of drug-likeness (QED) is 0.681. The lowest BCUT2D eigenvalue weighted by Crippen LogP contribution is -2.39. The summed E-state index contributed by atoms with van der Waals surface area (Å²) in [5.41, 5.74) is -5.38. The summed E-state index contributed by atoms with van der Waals surface area (Å²) in [4.78, 5) is 29.6. The van der Waals surface area contributed by atoms with Crippen LogP contribution in [0.4, 0.5) is 4.39 Å². The average molecular weight is 350 g/mol. The monoisotopic (exact) mass is 350 g/mol. The number of aryl methyl sites for hydroxylation is 1. The Kier molecular flexibility index (Phi) is 2.72. The first-order chi connectivity index (χ1) is 15.1. The molecule has 0 fully saturated rings. The zero-order valence-electron chi connectivity index (χ0n) is 23.3. The van der Waals surface area contributed by atoms with Gasteiger partial charge in [0, 0.05) is 28.3 Å². The minimum atomic E-state index is -3.50. The fourth-order valence-corrected chi connectivity index (χ4v) is 2.28. The molecule has 2 rings (SSSR count). The van der Waals surface area contributed by atoms with E-state index in [2.05, 4.69) is 9.72 Å². The summed E-state index contributed by atoms with van der Waals surface area (Å²) >= 11 is 0. The number of aromatic nitrogens is 4. The van der Waals surface area contributed by atoms with Crippen LogP contribution in [0.5, 0.6) is 0 Å². The fourth-order valence-electron chi connectivity index (χ4n) is 2.28. The van der Waals surface area contributed by atoms with E-state index in [-0.39, 0.29) is 30.4 Å². The molecule has 7 nitrogen and oxygen atoms in total. The molecule has 8 heteroatoms. The Hall–Kier alpha value is -1.96. The summed E-state index contributed by atoms with van der Waals surface area (Å²) in [5.74, 6) is 0. The predicted molar refractivity (Wildman–Crippen MR) is 89.9 cm³/mol. The van der Waals surface area contributed by atoms with Crippen molar-refractivity contribution >= 4 is 11.2 Å². The molecular formula is C16H25FN4O3. The predicted octanol–water partition coefficient (Wildman–Crippen LogP) is 1.81. The minimum absolute atomic E-state index is 0.107. The Bertz CT molecular complexity index is 1160. The number of imidazole rings is 1. The van der Waals surface area contributed by atoms with Crippen molar-refractivity contribution in [1.29, 1.82) is 0 Å². The third-order valence-electron chi connectivity index (χ3n) is 3.43. The Balaban J connectivity index is 2.69. The molecule has 0 amide bonds. The van der Waals surface area contributed by atoms with Crippen molar-refractivity contribution in [2.75, 3.05) is 6.56 Å². The van der Waals surface area contributed by atoms with Crippen LogP contribution >= 0.6 is 0 Å². The smallest absolute Gasteiger partial charge is 0.332 e. The molecule has 2 aromatic heterocycles. The summed E-state index contributed by atoms with van der Waals surface area (Å²) in [7, 11) is 0. The van der Waals surface area contributed by atoms with Crippen LogP contribution in [0.25, 0.3) is 11.2 Å². The lowest BCUT2D eigenvalue weighted by atomic mass is 10.0. The van der Waals surface area contributed by atoms with Crippen molar-refractivity contribution in [3.63, 3.8) is 0 Å². The molecule has 0 N–H and O–H groups in total. The molecule has 0 unspecified atom stereocenters. The van der Waals surface area contributed by atoms with Crippen LogP contribution in [-0.2, 0) is 24.9 Å². The first-order valence-electron chi connectivity index (χ1n) is 12.2.